The van der Waals surface area contributed by atoms with Gasteiger partial charge in [0.2, 0.25) is 0 Å². The van der Waals surface area contributed by atoms with Gasteiger partial charge in [0.05, 0.1) is 17.3 Å². The lowest BCUT2D eigenvalue weighted by molar-refractivity contribution is 0.100. The molecule has 0 aliphatic rings. The van der Waals surface area contributed by atoms with Gasteiger partial charge in [0.1, 0.15) is 5.82 Å². The molecule has 1 amide bonds. The molecule has 1 unspecified atom stereocenters. The Labute approximate surface area is 126 Å². The van der Waals surface area contributed by atoms with Gasteiger partial charge in [-0.3, -0.25) is 4.79 Å². The van der Waals surface area contributed by atoms with Crippen LogP contribution in [0.15, 0.2) is 36.4 Å². The van der Waals surface area contributed by atoms with Crippen molar-refractivity contribution < 1.29 is 9.18 Å². The van der Waals surface area contributed by atoms with Crippen LogP contribution in [0.1, 0.15) is 28.9 Å². The molecule has 1 atom stereocenters. The molecule has 4 nitrogen and oxygen atoms in total. The van der Waals surface area contributed by atoms with Crippen molar-refractivity contribution in [2.75, 3.05) is 11.1 Å². The molecule has 5 N–H and O–H groups in total. The molecule has 0 aromatic heterocycles. The summed E-state index contributed by atoms with van der Waals surface area (Å²) in [6.07, 6.45) is 0. The van der Waals surface area contributed by atoms with Gasteiger partial charge < -0.3 is 16.8 Å². The van der Waals surface area contributed by atoms with Gasteiger partial charge in [-0.25, -0.2) is 4.39 Å². The van der Waals surface area contributed by atoms with Gasteiger partial charge in [-0.2, -0.15) is 0 Å². The Morgan fingerprint density at radius 1 is 1.33 bits per heavy atom. The first-order valence-electron chi connectivity index (χ1n) is 6.30. The SMILES string of the molecule is CC(Nc1cc(C(N)=O)c(N)cc1F)c1ccccc1Cl. The number of primary amides is 1. The van der Waals surface area contributed by atoms with Crippen LogP contribution in [0.5, 0.6) is 0 Å². The molecule has 0 aliphatic carbocycles. The van der Waals surface area contributed by atoms with Gasteiger partial charge in [0.15, 0.2) is 0 Å². The maximum absolute atomic E-state index is 13.9. The molecule has 6 heteroatoms. The number of rotatable bonds is 4. The second kappa shape index (κ2) is 6.01. The van der Waals surface area contributed by atoms with E-state index in [1.54, 1.807) is 6.07 Å². The third-order valence-corrected chi connectivity index (χ3v) is 3.49. The highest BCUT2D eigenvalue weighted by Gasteiger charge is 2.15. The number of carbonyl (C=O) groups excluding carboxylic acids is 1. The Hall–Kier alpha value is -2.27. The normalized spacial score (nSPS) is 12.0. The molecule has 21 heavy (non-hydrogen) atoms. The average Bonchev–Trinajstić information content (AvgIpc) is 2.41. The number of hydrogen-bond acceptors (Lipinski definition) is 3. The Balaban J connectivity index is 2.33. The number of carbonyl (C=O) groups is 1. The summed E-state index contributed by atoms with van der Waals surface area (Å²) < 4.78 is 13.9. The summed E-state index contributed by atoms with van der Waals surface area (Å²) in [7, 11) is 0. The van der Waals surface area contributed by atoms with Crippen LogP contribution in [0, 0.1) is 5.82 Å². The van der Waals surface area contributed by atoms with Crippen LogP contribution in [0.3, 0.4) is 0 Å². The van der Waals surface area contributed by atoms with Crippen LogP contribution < -0.4 is 16.8 Å². The Kier molecular flexibility index (Phi) is 4.33. The maximum Gasteiger partial charge on any atom is 0.250 e. The van der Waals surface area contributed by atoms with Crippen LogP contribution >= 0.6 is 11.6 Å². The van der Waals surface area contributed by atoms with Crippen molar-refractivity contribution in [2.24, 2.45) is 5.73 Å². The van der Waals surface area contributed by atoms with E-state index in [0.717, 1.165) is 11.6 Å². The molecule has 2 aromatic rings. The van der Waals surface area contributed by atoms with E-state index in [0.29, 0.717) is 5.02 Å². The quantitative estimate of drug-likeness (QED) is 0.758. The fraction of sp³-hybridized carbons (Fsp3) is 0.133. The second-order valence-electron chi connectivity index (χ2n) is 4.67. The first-order chi connectivity index (χ1) is 9.90. The van der Waals surface area contributed by atoms with E-state index in [1.165, 1.54) is 6.07 Å². The number of nitrogen functional groups attached to an aromatic ring is 1. The minimum atomic E-state index is -0.707. The van der Waals surface area contributed by atoms with Crippen molar-refractivity contribution >= 4 is 28.9 Å². The minimum absolute atomic E-state index is 0.0101. The summed E-state index contributed by atoms with van der Waals surface area (Å²) in [5, 5.41) is 3.54. The van der Waals surface area contributed by atoms with Gasteiger partial charge >= 0.3 is 0 Å². The summed E-state index contributed by atoms with van der Waals surface area (Å²) in [5.74, 6) is -1.27. The Morgan fingerprint density at radius 2 is 2.00 bits per heavy atom. The highest BCUT2D eigenvalue weighted by atomic mass is 35.5. The highest BCUT2D eigenvalue weighted by molar-refractivity contribution is 6.31. The van der Waals surface area contributed by atoms with Crippen molar-refractivity contribution in [2.45, 2.75) is 13.0 Å². The largest absolute Gasteiger partial charge is 0.398 e. The fourth-order valence-electron chi connectivity index (χ4n) is 2.05. The third kappa shape index (κ3) is 3.25. The van der Waals surface area contributed by atoms with Gasteiger partial charge in [0.25, 0.3) is 5.91 Å². The molecule has 0 fully saturated rings. The van der Waals surface area contributed by atoms with E-state index in [2.05, 4.69) is 5.32 Å². The molecule has 0 saturated carbocycles. The lowest BCUT2D eigenvalue weighted by Crippen LogP contribution is -2.15. The summed E-state index contributed by atoms with van der Waals surface area (Å²) in [6, 6.07) is 9.37. The van der Waals surface area contributed by atoms with E-state index >= 15 is 0 Å². The average molecular weight is 308 g/mol. The molecule has 0 aliphatic heterocycles. The lowest BCUT2D eigenvalue weighted by Gasteiger charge is -2.18. The zero-order chi connectivity index (χ0) is 15.6. The molecular formula is C15H15ClFN3O. The summed E-state index contributed by atoms with van der Waals surface area (Å²) in [4.78, 5) is 11.3. The van der Waals surface area contributed by atoms with Gasteiger partial charge in [-0.05, 0) is 30.7 Å². The molecule has 0 radical (unpaired) electrons. The Morgan fingerprint density at radius 3 is 2.62 bits per heavy atom. The number of halogens is 2. The zero-order valence-corrected chi connectivity index (χ0v) is 12.1. The Bertz CT molecular complexity index is 691. The van der Waals surface area contributed by atoms with Crippen molar-refractivity contribution in [3.63, 3.8) is 0 Å². The van der Waals surface area contributed by atoms with Crippen molar-refractivity contribution in [1.82, 2.24) is 0 Å². The maximum atomic E-state index is 13.9. The van der Waals surface area contributed by atoms with Gasteiger partial charge in [-0.15, -0.1) is 0 Å². The smallest absolute Gasteiger partial charge is 0.250 e. The first-order valence-corrected chi connectivity index (χ1v) is 6.67. The second-order valence-corrected chi connectivity index (χ2v) is 5.08. The standard InChI is InChI=1S/C15H15ClFN3O/c1-8(9-4-2-3-5-11(9)16)20-14-6-10(15(19)21)13(18)7-12(14)17/h2-8,20H,18H2,1H3,(H2,19,21). The van der Waals surface area contributed by atoms with E-state index in [1.807, 2.05) is 25.1 Å². The molecule has 0 heterocycles. The number of amides is 1. The van der Waals surface area contributed by atoms with E-state index < -0.39 is 11.7 Å². The van der Waals surface area contributed by atoms with Crippen LogP contribution in [-0.2, 0) is 0 Å². The highest BCUT2D eigenvalue weighted by Crippen LogP contribution is 2.28. The predicted octanol–water partition coefficient (Wildman–Crippen LogP) is 3.33. The van der Waals surface area contributed by atoms with Crippen molar-refractivity contribution in [1.29, 1.82) is 0 Å². The van der Waals surface area contributed by atoms with Crippen LogP contribution in [0.25, 0.3) is 0 Å². The molecule has 0 bridgehead atoms. The molecule has 110 valence electrons. The molecular weight excluding hydrogens is 293 g/mol. The van der Waals surface area contributed by atoms with Gasteiger partial charge in [0, 0.05) is 10.7 Å². The van der Waals surface area contributed by atoms with Crippen molar-refractivity contribution in [3.8, 4) is 0 Å². The number of anilines is 2. The number of nitrogens with one attached hydrogen (secondary N) is 1. The van der Waals surface area contributed by atoms with E-state index in [4.69, 9.17) is 23.1 Å². The summed E-state index contributed by atoms with van der Waals surface area (Å²) in [5.41, 5.74) is 11.8. The van der Waals surface area contributed by atoms with Crippen LogP contribution in [0.2, 0.25) is 5.02 Å². The van der Waals surface area contributed by atoms with Crippen LogP contribution in [-0.4, -0.2) is 5.91 Å². The van der Waals surface area contributed by atoms with Crippen molar-refractivity contribution in [3.05, 3.63) is 58.4 Å². The van der Waals surface area contributed by atoms with E-state index in [9.17, 15) is 9.18 Å². The molecule has 0 spiro atoms. The molecule has 0 saturated heterocycles. The monoisotopic (exact) mass is 307 g/mol. The molecule has 2 rings (SSSR count). The zero-order valence-electron chi connectivity index (χ0n) is 11.4. The molecule has 2 aromatic carbocycles. The fourth-order valence-corrected chi connectivity index (χ4v) is 2.35. The number of benzene rings is 2. The van der Waals surface area contributed by atoms with Gasteiger partial charge in [-0.1, -0.05) is 29.8 Å². The van der Waals surface area contributed by atoms with E-state index in [-0.39, 0.29) is 23.0 Å². The summed E-state index contributed by atoms with van der Waals surface area (Å²) in [6.45, 7) is 1.83. The summed E-state index contributed by atoms with van der Waals surface area (Å²) >= 11 is 6.10. The predicted molar refractivity (Wildman–Crippen MR) is 82.8 cm³/mol. The third-order valence-electron chi connectivity index (χ3n) is 3.15. The minimum Gasteiger partial charge on any atom is -0.398 e. The number of nitrogens with two attached hydrogens (primary N) is 2. The van der Waals surface area contributed by atoms with Crippen LogP contribution in [0.4, 0.5) is 15.8 Å². The lowest BCUT2D eigenvalue weighted by atomic mass is 10.1. The number of hydrogen-bond donors (Lipinski definition) is 3. The topological polar surface area (TPSA) is 81.1 Å². The first kappa shape index (κ1) is 15.1.